The second-order valence-corrected chi connectivity index (χ2v) is 4.71. The number of amides is 1. The first-order chi connectivity index (χ1) is 9.16. The van der Waals surface area contributed by atoms with Crippen molar-refractivity contribution in [2.24, 2.45) is 0 Å². The van der Waals surface area contributed by atoms with Gasteiger partial charge in [0.25, 0.3) is 0 Å². The monoisotopic (exact) mass is 286 g/mol. The highest BCUT2D eigenvalue weighted by molar-refractivity contribution is 6.31. The summed E-state index contributed by atoms with van der Waals surface area (Å²) < 4.78 is 18.1. The van der Waals surface area contributed by atoms with Crippen LogP contribution in [0, 0.1) is 5.82 Å². The van der Waals surface area contributed by atoms with Gasteiger partial charge in [0.15, 0.2) is 0 Å². The standard InChI is InChI=1S/C13H16ClFN2O2/c14-11-9-10(1-2-12(11)15)16-4-3-13(18)17-5-7-19-8-6-17/h1-2,9,16H,3-8H2. The smallest absolute Gasteiger partial charge is 0.224 e. The highest BCUT2D eigenvalue weighted by Gasteiger charge is 2.15. The molecule has 0 unspecified atom stereocenters. The van der Waals surface area contributed by atoms with Gasteiger partial charge in [0.05, 0.1) is 18.2 Å². The first-order valence-corrected chi connectivity index (χ1v) is 6.59. The molecule has 1 aromatic rings. The van der Waals surface area contributed by atoms with E-state index in [0.29, 0.717) is 45.0 Å². The van der Waals surface area contributed by atoms with E-state index in [1.807, 2.05) is 0 Å². The van der Waals surface area contributed by atoms with Gasteiger partial charge in [-0.1, -0.05) is 11.6 Å². The molecule has 1 amide bonds. The molecule has 1 aliphatic heterocycles. The summed E-state index contributed by atoms with van der Waals surface area (Å²) in [5, 5.41) is 3.13. The van der Waals surface area contributed by atoms with Crippen molar-refractivity contribution in [2.75, 3.05) is 38.2 Å². The molecule has 1 heterocycles. The topological polar surface area (TPSA) is 41.6 Å². The van der Waals surface area contributed by atoms with Crippen molar-refractivity contribution in [1.82, 2.24) is 4.90 Å². The predicted octanol–water partition coefficient (Wildman–Crippen LogP) is 2.14. The van der Waals surface area contributed by atoms with E-state index in [2.05, 4.69) is 5.32 Å². The number of rotatable bonds is 4. The molecular weight excluding hydrogens is 271 g/mol. The van der Waals surface area contributed by atoms with Crippen molar-refractivity contribution in [3.8, 4) is 0 Å². The maximum absolute atomic E-state index is 13.0. The Bertz CT molecular complexity index is 450. The molecule has 1 aromatic carbocycles. The van der Waals surface area contributed by atoms with Crippen molar-refractivity contribution in [1.29, 1.82) is 0 Å². The number of anilines is 1. The lowest BCUT2D eigenvalue weighted by molar-refractivity contribution is -0.134. The number of ether oxygens (including phenoxy) is 1. The Morgan fingerprint density at radius 2 is 2.16 bits per heavy atom. The third kappa shape index (κ3) is 4.08. The molecule has 4 nitrogen and oxygen atoms in total. The molecule has 1 N–H and O–H groups in total. The number of hydrogen-bond donors (Lipinski definition) is 1. The number of nitrogens with one attached hydrogen (secondary N) is 1. The fraction of sp³-hybridized carbons (Fsp3) is 0.462. The Kier molecular flexibility index (Phi) is 4.99. The van der Waals surface area contributed by atoms with Crippen molar-refractivity contribution in [2.45, 2.75) is 6.42 Å². The molecule has 6 heteroatoms. The number of nitrogens with zero attached hydrogens (tertiary/aromatic N) is 1. The van der Waals surface area contributed by atoms with Gasteiger partial charge in [-0.3, -0.25) is 4.79 Å². The van der Waals surface area contributed by atoms with Crippen LogP contribution in [0.5, 0.6) is 0 Å². The Morgan fingerprint density at radius 3 is 2.84 bits per heavy atom. The van der Waals surface area contributed by atoms with E-state index in [4.69, 9.17) is 16.3 Å². The zero-order valence-electron chi connectivity index (χ0n) is 10.5. The number of morpholine rings is 1. The van der Waals surface area contributed by atoms with Crippen molar-refractivity contribution < 1.29 is 13.9 Å². The molecule has 1 fully saturated rings. The molecule has 2 rings (SSSR count). The van der Waals surface area contributed by atoms with E-state index < -0.39 is 5.82 Å². The van der Waals surface area contributed by atoms with Gasteiger partial charge in [-0.2, -0.15) is 0 Å². The molecule has 19 heavy (non-hydrogen) atoms. The zero-order valence-corrected chi connectivity index (χ0v) is 11.3. The third-order valence-corrected chi connectivity index (χ3v) is 3.24. The number of carbonyl (C=O) groups excluding carboxylic acids is 1. The maximum atomic E-state index is 13.0. The van der Waals surface area contributed by atoms with Crippen LogP contribution in [0.1, 0.15) is 6.42 Å². The van der Waals surface area contributed by atoms with Gasteiger partial charge in [-0.05, 0) is 18.2 Å². The molecule has 0 saturated carbocycles. The first kappa shape index (κ1) is 14.1. The average molecular weight is 287 g/mol. The van der Waals surface area contributed by atoms with Crippen LogP contribution in [0.4, 0.5) is 10.1 Å². The summed E-state index contributed by atoms with van der Waals surface area (Å²) in [6, 6.07) is 4.41. The van der Waals surface area contributed by atoms with E-state index >= 15 is 0 Å². The number of benzene rings is 1. The zero-order chi connectivity index (χ0) is 13.7. The summed E-state index contributed by atoms with van der Waals surface area (Å²) in [5.41, 5.74) is 0.709. The number of carbonyl (C=O) groups is 1. The highest BCUT2D eigenvalue weighted by atomic mass is 35.5. The van der Waals surface area contributed by atoms with Gasteiger partial charge in [0.1, 0.15) is 5.82 Å². The summed E-state index contributed by atoms with van der Waals surface area (Å²) in [4.78, 5) is 13.6. The fourth-order valence-electron chi connectivity index (χ4n) is 1.89. The Labute approximate surface area is 116 Å². The Balaban J connectivity index is 1.76. The molecule has 104 valence electrons. The third-order valence-electron chi connectivity index (χ3n) is 2.95. The second-order valence-electron chi connectivity index (χ2n) is 4.30. The summed E-state index contributed by atoms with van der Waals surface area (Å²) in [5.74, 6) is -0.347. The Morgan fingerprint density at radius 1 is 1.42 bits per heavy atom. The van der Waals surface area contributed by atoms with Crippen molar-refractivity contribution in [3.63, 3.8) is 0 Å². The summed E-state index contributed by atoms with van der Waals surface area (Å²) in [6.07, 6.45) is 0.398. The summed E-state index contributed by atoms with van der Waals surface area (Å²) in [7, 11) is 0. The summed E-state index contributed by atoms with van der Waals surface area (Å²) in [6.45, 7) is 3.01. The maximum Gasteiger partial charge on any atom is 0.224 e. The van der Waals surface area contributed by atoms with Crippen LogP contribution in [0.3, 0.4) is 0 Å². The molecule has 1 saturated heterocycles. The van der Waals surface area contributed by atoms with Crippen LogP contribution in [-0.2, 0) is 9.53 Å². The van der Waals surface area contributed by atoms with Crippen molar-refractivity contribution >= 4 is 23.2 Å². The number of halogens is 2. The van der Waals surface area contributed by atoms with E-state index in [0.717, 1.165) is 0 Å². The second kappa shape index (κ2) is 6.73. The molecule has 0 aromatic heterocycles. The molecular formula is C13H16ClFN2O2. The van der Waals surface area contributed by atoms with Gasteiger partial charge in [0.2, 0.25) is 5.91 Å². The molecule has 0 atom stereocenters. The van der Waals surface area contributed by atoms with E-state index in [1.54, 1.807) is 11.0 Å². The lowest BCUT2D eigenvalue weighted by atomic mass is 10.3. The quantitative estimate of drug-likeness (QED) is 0.922. The van der Waals surface area contributed by atoms with Gasteiger partial charge < -0.3 is 15.0 Å². The molecule has 0 spiro atoms. The van der Waals surface area contributed by atoms with Gasteiger partial charge >= 0.3 is 0 Å². The molecule has 0 radical (unpaired) electrons. The van der Waals surface area contributed by atoms with E-state index in [-0.39, 0.29) is 10.9 Å². The van der Waals surface area contributed by atoms with Crippen molar-refractivity contribution in [3.05, 3.63) is 29.0 Å². The minimum absolute atomic E-state index is 0.0736. The fourth-order valence-corrected chi connectivity index (χ4v) is 2.07. The first-order valence-electron chi connectivity index (χ1n) is 6.21. The van der Waals surface area contributed by atoms with Crippen LogP contribution in [0.25, 0.3) is 0 Å². The Hall–Kier alpha value is -1.33. The molecule has 0 bridgehead atoms. The van der Waals surface area contributed by atoms with E-state index in [1.165, 1.54) is 12.1 Å². The number of hydrogen-bond acceptors (Lipinski definition) is 3. The average Bonchev–Trinajstić information content (AvgIpc) is 2.43. The lowest BCUT2D eigenvalue weighted by Crippen LogP contribution is -2.41. The van der Waals surface area contributed by atoms with Crippen LogP contribution in [0.15, 0.2) is 18.2 Å². The van der Waals surface area contributed by atoms with Gasteiger partial charge in [-0.15, -0.1) is 0 Å². The van der Waals surface area contributed by atoms with E-state index in [9.17, 15) is 9.18 Å². The normalized spacial score (nSPS) is 15.4. The van der Waals surface area contributed by atoms with Gasteiger partial charge in [0, 0.05) is 31.7 Å². The van der Waals surface area contributed by atoms with Crippen LogP contribution < -0.4 is 5.32 Å². The largest absolute Gasteiger partial charge is 0.384 e. The minimum Gasteiger partial charge on any atom is -0.384 e. The predicted molar refractivity (Wildman–Crippen MR) is 71.9 cm³/mol. The van der Waals surface area contributed by atoms with Crippen LogP contribution in [0.2, 0.25) is 5.02 Å². The molecule has 0 aliphatic carbocycles. The SMILES string of the molecule is O=C(CCNc1ccc(F)c(Cl)c1)N1CCOCC1. The molecule has 1 aliphatic rings. The van der Waals surface area contributed by atoms with Gasteiger partial charge in [-0.25, -0.2) is 4.39 Å². The van der Waals surface area contributed by atoms with Crippen LogP contribution in [-0.4, -0.2) is 43.7 Å². The van der Waals surface area contributed by atoms with Crippen LogP contribution >= 0.6 is 11.6 Å². The summed E-state index contributed by atoms with van der Waals surface area (Å²) >= 11 is 5.67. The minimum atomic E-state index is -0.448. The highest BCUT2D eigenvalue weighted by Crippen LogP contribution is 2.19. The lowest BCUT2D eigenvalue weighted by Gasteiger charge is -2.26.